The monoisotopic (exact) mass is 503 g/mol. The molecule has 182 valence electrons. The van der Waals surface area contributed by atoms with Crippen LogP contribution in [0, 0.1) is 5.82 Å². The number of rotatable bonds is 8. The molecule has 0 saturated heterocycles. The van der Waals surface area contributed by atoms with E-state index in [0.717, 1.165) is 22.2 Å². The second-order valence-electron chi connectivity index (χ2n) is 8.32. The highest BCUT2D eigenvalue weighted by Gasteiger charge is 2.36. The van der Waals surface area contributed by atoms with E-state index in [0.29, 0.717) is 5.75 Å². The number of ether oxygens (including phenoxy) is 1. The Morgan fingerprint density at radius 1 is 1.00 bits per heavy atom. The van der Waals surface area contributed by atoms with E-state index < -0.39 is 22.5 Å². The van der Waals surface area contributed by atoms with Gasteiger partial charge in [0.1, 0.15) is 17.7 Å². The molecule has 0 fully saturated rings. The van der Waals surface area contributed by atoms with E-state index in [-0.39, 0.29) is 10.7 Å². The summed E-state index contributed by atoms with van der Waals surface area (Å²) in [6, 6.07) is 23.8. The molecule has 2 N–H and O–H groups in total. The van der Waals surface area contributed by atoms with E-state index >= 15 is 0 Å². The summed E-state index contributed by atoms with van der Waals surface area (Å²) < 4.78 is 48.0. The van der Waals surface area contributed by atoms with Crippen LogP contribution in [0.25, 0.3) is 16.6 Å². The Labute approximate surface area is 209 Å². The minimum atomic E-state index is -3.55. The quantitative estimate of drug-likeness (QED) is 0.269. The number of pyridine rings is 1. The number of benzene rings is 3. The maximum absolute atomic E-state index is 13.3. The lowest BCUT2D eigenvalue weighted by Crippen LogP contribution is -2.42. The second kappa shape index (κ2) is 9.98. The fourth-order valence-electron chi connectivity index (χ4n) is 4.01. The van der Waals surface area contributed by atoms with Crippen LogP contribution in [0.15, 0.2) is 108 Å². The molecule has 0 aliphatic carbocycles. The Morgan fingerprint density at radius 3 is 2.50 bits per heavy atom. The van der Waals surface area contributed by atoms with E-state index in [4.69, 9.17) is 4.74 Å². The number of hydrogen-bond acceptors (Lipinski definition) is 4. The lowest BCUT2D eigenvalue weighted by atomic mass is 10.0. The van der Waals surface area contributed by atoms with Crippen molar-refractivity contribution in [3.8, 4) is 11.4 Å². The molecule has 3 aromatic carbocycles. The van der Waals surface area contributed by atoms with E-state index in [1.54, 1.807) is 48.3 Å². The summed E-state index contributed by atoms with van der Waals surface area (Å²) in [5, 5.41) is 5.28. The van der Waals surface area contributed by atoms with E-state index in [1.165, 1.54) is 18.3 Å². The maximum atomic E-state index is 13.3. The standard InChI is InChI=1S/C27H23FN4O3S/c1-19(31-36(33,34)25-8-5-15-29-18-25)27(20-6-3-2-4-7-20)35-24-13-14-26-21(16-24)17-30-32(26)23-11-9-22(28)10-12-23/h2-19,27H,1H3,(H-,31,33,34)/p+1/t19-,27-/m0/s1. The van der Waals surface area contributed by atoms with Gasteiger partial charge in [0.15, 0.2) is 0 Å². The van der Waals surface area contributed by atoms with Crippen molar-refractivity contribution in [1.29, 1.82) is 0 Å². The third-order valence-corrected chi connectivity index (χ3v) is 7.33. The lowest BCUT2D eigenvalue weighted by molar-refractivity contribution is 0.172. The molecule has 5 aromatic rings. The summed E-state index contributed by atoms with van der Waals surface area (Å²) in [4.78, 5) is 4.14. The number of nitrogens with one attached hydrogen (secondary N) is 1. The van der Waals surface area contributed by atoms with Gasteiger partial charge in [0, 0.05) is 17.6 Å². The number of nitrogens with zero attached hydrogens (tertiary/aromatic N) is 3. The Kier molecular flexibility index (Phi) is 6.60. The molecule has 0 amide bonds. The molecule has 5 rings (SSSR count). The largest absolute Gasteiger partial charge is 0.484 e. The van der Waals surface area contributed by atoms with Crippen molar-refractivity contribution in [1.82, 2.24) is 19.5 Å². The number of hydrogen-bond donors (Lipinski definition) is 2. The molecule has 0 spiro atoms. The molecule has 36 heavy (non-hydrogen) atoms. The second-order valence-corrected chi connectivity index (χ2v) is 10.1. The Balaban J connectivity index is 1.43. The average molecular weight is 504 g/mol. The van der Waals surface area contributed by atoms with Gasteiger partial charge in [-0.1, -0.05) is 35.1 Å². The van der Waals surface area contributed by atoms with Gasteiger partial charge in [0.2, 0.25) is 4.90 Å². The summed E-state index contributed by atoms with van der Waals surface area (Å²) in [5.74, 6) is 0.269. The highest BCUT2D eigenvalue weighted by Crippen LogP contribution is 2.30. The minimum Gasteiger partial charge on any atom is -0.484 e. The molecule has 0 aliphatic heterocycles. The molecule has 9 heteroatoms. The predicted molar refractivity (Wildman–Crippen MR) is 137 cm³/mol. The van der Waals surface area contributed by atoms with Crippen LogP contribution in [-0.2, 0) is 14.6 Å². The van der Waals surface area contributed by atoms with Crippen molar-refractivity contribution in [2.75, 3.05) is 0 Å². The summed E-state index contributed by atoms with van der Waals surface area (Å²) in [5.41, 5.74) is 2.43. The molecule has 0 radical (unpaired) electrons. The molecule has 2 heterocycles. The van der Waals surface area contributed by atoms with Gasteiger partial charge in [0.25, 0.3) is 0 Å². The van der Waals surface area contributed by atoms with Crippen LogP contribution in [0.5, 0.6) is 5.75 Å². The fraction of sp³-hybridized carbons (Fsp3) is 0.111. The first-order valence-corrected chi connectivity index (χ1v) is 12.8. The topological polar surface area (TPSA) is 89.3 Å². The van der Waals surface area contributed by atoms with Gasteiger partial charge in [-0.15, -0.1) is 0 Å². The van der Waals surface area contributed by atoms with Gasteiger partial charge in [-0.25, -0.2) is 9.07 Å². The summed E-state index contributed by atoms with van der Waals surface area (Å²) in [6.07, 6.45) is 4.06. The highest BCUT2D eigenvalue weighted by molar-refractivity contribution is 7.95. The van der Waals surface area contributed by atoms with E-state index in [9.17, 15) is 13.2 Å². The molecular weight excluding hydrogens is 479 g/mol. The van der Waals surface area contributed by atoms with Crippen LogP contribution in [0.3, 0.4) is 0 Å². The lowest BCUT2D eigenvalue weighted by Gasteiger charge is -2.25. The van der Waals surface area contributed by atoms with Gasteiger partial charge in [-0.3, -0.25) is 4.98 Å². The molecular formula is C27H24FN4O3S+. The molecule has 0 aliphatic rings. The van der Waals surface area contributed by atoms with Crippen molar-refractivity contribution in [3.63, 3.8) is 0 Å². The van der Waals surface area contributed by atoms with Gasteiger partial charge in [-0.2, -0.15) is 9.65 Å². The van der Waals surface area contributed by atoms with Crippen LogP contribution < -0.4 is 9.46 Å². The Morgan fingerprint density at radius 2 is 1.78 bits per heavy atom. The summed E-state index contributed by atoms with van der Waals surface area (Å²) in [6.45, 7) is 1.80. The zero-order valence-corrected chi connectivity index (χ0v) is 20.2. The first-order valence-electron chi connectivity index (χ1n) is 11.3. The zero-order chi connectivity index (χ0) is 25.1. The molecule has 0 saturated carbocycles. The Bertz CT molecular complexity index is 1510. The summed E-state index contributed by atoms with van der Waals surface area (Å²) >= 11 is 0. The van der Waals surface area contributed by atoms with E-state index in [1.807, 2.05) is 48.5 Å². The van der Waals surface area contributed by atoms with Crippen LogP contribution in [0.2, 0.25) is 0 Å². The van der Waals surface area contributed by atoms with Crippen LogP contribution >= 0.6 is 0 Å². The summed E-state index contributed by atoms with van der Waals surface area (Å²) in [7, 11) is -3.55. The fourth-order valence-corrected chi connectivity index (χ4v) is 5.24. The smallest absolute Gasteiger partial charge is 0.325 e. The van der Waals surface area contributed by atoms with E-state index in [2.05, 4.69) is 14.8 Å². The van der Waals surface area contributed by atoms with Gasteiger partial charge in [0.05, 0.1) is 29.6 Å². The Hall–Kier alpha value is -3.92. The molecule has 2 aromatic heterocycles. The molecule has 1 unspecified atom stereocenters. The SMILES string of the molecule is C[C@H](N[S+](=O)(O)c1cccnc1)[C@H](Oc1ccc2c(cnn2-c2ccc(F)cc2)c1)c1ccccc1. The van der Waals surface area contributed by atoms with Crippen molar-refractivity contribution < 1.29 is 17.9 Å². The molecule has 3 atom stereocenters. The average Bonchev–Trinajstić information content (AvgIpc) is 3.32. The number of aromatic nitrogens is 3. The molecule has 0 bridgehead atoms. The van der Waals surface area contributed by atoms with Crippen molar-refractivity contribution in [2.45, 2.75) is 24.0 Å². The van der Waals surface area contributed by atoms with Crippen molar-refractivity contribution in [2.24, 2.45) is 0 Å². The number of fused-ring (bicyclic) bond motifs is 1. The van der Waals surface area contributed by atoms with Crippen molar-refractivity contribution >= 4 is 21.3 Å². The first kappa shape index (κ1) is 23.8. The van der Waals surface area contributed by atoms with Gasteiger partial charge in [-0.05, 0) is 65.2 Å². The maximum Gasteiger partial charge on any atom is 0.325 e. The van der Waals surface area contributed by atoms with Crippen molar-refractivity contribution in [3.05, 3.63) is 115 Å². The number of halogens is 1. The van der Waals surface area contributed by atoms with Gasteiger partial charge < -0.3 is 4.74 Å². The van der Waals surface area contributed by atoms with Crippen LogP contribution in [0.4, 0.5) is 4.39 Å². The van der Waals surface area contributed by atoms with Crippen LogP contribution in [0.1, 0.15) is 18.6 Å². The molecule has 7 nitrogen and oxygen atoms in total. The first-order chi connectivity index (χ1) is 17.4. The highest BCUT2D eigenvalue weighted by atomic mass is 32.3. The third-order valence-electron chi connectivity index (χ3n) is 5.76. The normalized spacial score (nSPS) is 14.8. The third kappa shape index (κ3) is 5.03. The zero-order valence-electron chi connectivity index (χ0n) is 19.4. The minimum absolute atomic E-state index is 0.193. The predicted octanol–water partition coefficient (Wildman–Crippen LogP) is 5.60. The van der Waals surface area contributed by atoms with Gasteiger partial charge >= 0.3 is 10.4 Å². The van der Waals surface area contributed by atoms with Crippen LogP contribution in [-0.4, -0.2) is 25.4 Å².